The van der Waals surface area contributed by atoms with E-state index in [-0.39, 0.29) is 41.3 Å². The Hall–Kier alpha value is -1.34. The van der Waals surface area contributed by atoms with E-state index >= 15 is 0 Å². The summed E-state index contributed by atoms with van der Waals surface area (Å²) in [6.07, 6.45) is -0.323. The number of benzene rings is 1. The minimum Gasteiger partial charge on any atom is -0.748 e. The van der Waals surface area contributed by atoms with Gasteiger partial charge in [-0.2, -0.15) is 10.5 Å². The summed E-state index contributed by atoms with van der Waals surface area (Å²) in [5.74, 6) is -1.29. The van der Waals surface area contributed by atoms with Gasteiger partial charge < -0.3 is 4.55 Å². The number of hydrogen-bond donors (Lipinski definition) is 0. The molecule has 7 nitrogen and oxygen atoms in total. The molecule has 0 atom stereocenters. The molecule has 0 saturated heterocycles. The predicted octanol–water partition coefficient (Wildman–Crippen LogP) is -2.86. The molecule has 10 heteroatoms. The number of nitriles is 2. The maximum Gasteiger partial charge on any atom is 1.00 e. The van der Waals surface area contributed by atoms with Crippen molar-refractivity contribution in [2.45, 2.75) is 11.3 Å². The predicted molar refractivity (Wildman–Crippen MR) is 67.1 cm³/mol. The zero-order chi connectivity index (χ0) is 15.4. The van der Waals surface area contributed by atoms with Gasteiger partial charge in [-0.15, -0.1) is 0 Å². The number of nitrogens with zero attached hydrogens (tertiary/aromatic N) is 2. The van der Waals surface area contributed by atoms with Crippen LogP contribution in [0.3, 0.4) is 0 Å². The Balaban J connectivity index is 0.00000400. The minimum absolute atomic E-state index is 0. The van der Waals surface area contributed by atoms with E-state index in [0.29, 0.717) is 0 Å². The van der Waals surface area contributed by atoms with Crippen LogP contribution in [0.1, 0.15) is 17.5 Å². The summed E-state index contributed by atoms with van der Waals surface area (Å²) < 4.78 is 55.0. The molecular weight excluding hydrogens is 311 g/mol. The minimum atomic E-state index is -4.46. The molecule has 0 bridgehead atoms. The smallest absolute Gasteiger partial charge is 0.748 e. The van der Waals surface area contributed by atoms with Crippen molar-refractivity contribution in [2.24, 2.45) is 0 Å². The van der Waals surface area contributed by atoms with Crippen LogP contribution in [0, 0.1) is 22.7 Å². The van der Waals surface area contributed by atoms with Gasteiger partial charge in [-0.3, -0.25) is 0 Å². The van der Waals surface area contributed by atoms with E-state index in [1.807, 2.05) is 0 Å². The third-order valence-electron chi connectivity index (χ3n) is 2.40. The summed E-state index contributed by atoms with van der Waals surface area (Å²) >= 11 is 0. The molecule has 1 aromatic carbocycles. The van der Waals surface area contributed by atoms with E-state index in [9.17, 15) is 21.4 Å². The van der Waals surface area contributed by atoms with Crippen LogP contribution in [0.4, 0.5) is 0 Å². The molecule has 0 radical (unpaired) electrons. The summed E-state index contributed by atoms with van der Waals surface area (Å²) in [7, 11) is -8.27. The molecule has 0 aromatic heterocycles. The zero-order valence-electron chi connectivity index (χ0n) is 11.1. The second kappa shape index (κ2) is 7.60. The van der Waals surface area contributed by atoms with Crippen molar-refractivity contribution < 1.29 is 40.2 Å². The molecule has 0 aliphatic rings. The third-order valence-corrected chi connectivity index (χ3v) is 4.99. The molecule has 1 aromatic rings. The van der Waals surface area contributed by atoms with Crippen molar-refractivity contribution in [3.05, 3.63) is 29.3 Å². The first-order valence-electron chi connectivity index (χ1n) is 5.30. The molecule has 0 amide bonds. The number of rotatable bonds is 5. The van der Waals surface area contributed by atoms with Crippen LogP contribution in [0.5, 0.6) is 0 Å². The Labute approximate surface area is 135 Å². The van der Waals surface area contributed by atoms with Gasteiger partial charge in [-0.1, -0.05) is 0 Å². The van der Waals surface area contributed by atoms with E-state index < -0.39 is 31.5 Å². The van der Waals surface area contributed by atoms with Crippen LogP contribution in [0.15, 0.2) is 23.1 Å². The van der Waals surface area contributed by atoms with Gasteiger partial charge in [0.05, 0.1) is 31.9 Å². The SMILES string of the molecule is N#Cc1ccc(S(=O)(=O)CCCS(=O)(=O)[O-])cc1C#N.[Li+]. The van der Waals surface area contributed by atoms with E-state index in [4.69, 9.17) is 10.5 Å². The van der Waals surface area contributed by atoms with E-state index in [2.05, 4.69) is 0 Å². The van der Waals surface area contributed by atoms with Crippen molar-refractivity contribution in [1.82, 2.24) is 0 Å². The normalized spacial score (nSPS) is 11.0. The number of sulfone groups is 1. The fourth-order valence-corrected chi connectivity index (χ4v) is 3.46. The average molecular weight is 320 g/mol. The molecule has 1 rings (SSSR count). The first-order valence-corrected chi connectivity index (χ1v) is 8.53. The van der Waals surface area contributed by atoms with Crippen molar-refractivity contribution >= 4 is 20.0 Å². The Kier molecular flexibility index (Phi) is 7.12. The molecule has 106 valence electrons. The summed E-state index contributed by atoms with van der Waals surface area (Å²) in [5.41, 5.74) is -0.0291. The molecule has 0 heterocycles. The van der Waals surface area contributed by atoms with Gasteiger partial charge in [-0.25, -0.2) is 16.8 Å². The molecule has 0 spiro atoms. The Morgan fingerprint density at radius 1 is 1.00 bits per heavy atom. The van der Waals surface area contributed by atoms with Crippen LogP contribution in [0.2, 0.25) is 0 Å². The van der Waals surface area contributed by atoms with E-state index in [1.54, 1.807) is 12.1 Å². The third kappa shape index (κ3) is 5.89. The van der Waals surface area contributed by atoms with E-state index in [0.717, 1.165) is 6.07 Å². The van der Waals surface area contributed by atoms with Gasteiger partial charge in [-0.05, 0) is 24.6 Å². The molecule has 0 aliphatic carbocycles. The van der Waals surface area contributed by atoms with Gasteiger partial charge in [0.2, 0.25) is 0 Å². The standard InChI is InChI=1S/C11H10N2O5S2.Li/c12-7-9-2-3-11(6-10(9)8-13)19(14,15)4-1-5-20(16,17)18;/h2-3,6H,1,4-5H2,(H,16,17,18);/q;+1/p-1. The second-order valence-electron chi connectivity index (χ2n) is 3.87. The van der Waals surface area contributed by atoms with Crippen molar-refractivity contribution in [2.75, 3.05) is 11.5 Å². The average Bonchev–Trinajstić information content (AvgIpc) is 2.36. The van der Waals surface area contributed by atoms with Gasteiger partial charge in [0.25, 0.3) is 0 Å². The molecule has 0 N–H and O–H groups in total. The fourth-order valence-electron chi connectivity index (χ4n) is 1.45. The van der Waals surface area contributed by atoms with E-state index in [1.165, 1.54) is 12.1 Å². The van der Waals surface area contributed by atoms with Crippen LogP contribution >= 0.6 is 0 Å². The van der Waals surface area contributed by atoms with Gasteiger partial charge in [0.1, 0.15) is 12.1 Å². The maximum absolute atomic E-state index is 11.9. The van der Waals surface area contributed by atoms with Crippen LogP contribution in [-0.2, 0) is 20.0 Å². The first-order chi connectivity index (χ1) is 9.19. The van der Waals surface area contributed by atoms with Gasteiger partial charge in [0, 0.05) is 5.75 Å². The molecule has 0 unspecified atom stereocenters. The van der Waals surface area contributed by atoms with Gasteiger partial charge >= 0.3 is 18.9 Å². The topological polar surface area (TPSA) is 139 Å². The summed E-state index contributed by atoms with van der Waals surface area (Å²) in [5, 5.41) is 17.5. The Bertz CT molecular complexity index is 804. The Morgan fingerprint density at radius 2 is 1.57 bits per heavy atom. The molecule has 0 fully saturated rings. The summed E-state index contributed by atoms with van der Waals surface area (Å²) in [6.45, 7) is 0. The molecular formula is C11H9LiN2O5S2. The fraction of sp³-hybridized carbons (Fsp3) is 0.273. The van der Waals surface area contributed by atoms with Crippen LogP contribution in [-0.4, -0.2) is 32.9 Å². The summed E-state index contributed by atoms with van der Waals surface area (Å²) in [4.78, 5) is -0.184. The largest absolute Gasteiger partial charge is 1.00 e. The first kappa shape index (κ1) is 19.7. The Morgan fingerprint density at radius 3 is 2.05 bits per heavy atom. The molecule has 21 heavy (non-hydrogen) atoms. The van der Waals surface area contributed by atoms with Crippen molar-refractivity contribution in [1.29, 1.82) is 10.5 Å². The summed E-state index contributed by atoms with van der Waals surface area (Å²) in [6, 6.07) is 6.88. The van der Waals surface area contributed by atoms with Crippen LogP contribution in [0.25, 0.3) is 0 Å². The van der Waals surface area contributed by atoms with Gasteiger partial charge in [0.15, 0.2) is 9.84 Å². The quantitative estimate of drug-likeness (QED) is 0.420. The van der Waals surface area contributed by atoms with Crippen molar-refractivity contribution in [3.8, 4) is 12.1 Å². The second-order valence-corrected chi connectivity index (χ2v) is 7.50. The molecule has 0 aliphatic heterocycles. The zero-order valence-corrected chi connectivity index (χ0v) is 12.7. The van der Waals surface area contributed by atoms with Crippen LogP contribution < -0.4 is 18.9 Å². The number of hydrogen-bond acceptors (Lipinski definition) is 7. The van der Waals surface area contributed by atoms with Crippen molar-refractivity contribution in [3.63, 3.8) is 0 Å². The molecule has 0 saturated carbocycles. The maximum atomic E-state index is 11.9. The monoisotopic (exact) mass is 320 g/mol.